The standard InChI is InChI=1S/C14H9BrF4O/c15-6-8-3-12(18)14(13(19)4-8)20-7-9-1-10(16)5-11(17)2-9/h1-5H,6-7H2. The van der Waals surface area contributed by atoms with Gasteiger partial charge < -0.3 is 4.74 Å². The molecule has 0 atom stereocenters. The molecule has 106 valence electrons. The van der Waals surface area contributed by atoms with Crippen molar-refractivity contribution in [2.75, 3.05) is 0 Å². The van der Waals surface area contributed by atoms with E-state index in [9.17, 15) is 17.6 Å². The SMILES string of the molecule is Fc1cc(F)cc(COc2c(F)cc(CBr)cc2F)c1. The third-order valence-corrected chi connectivity index (χ3v) is 3.17. The van der Waals surface area contributed by atoms with Crippen LogP contribution in [0.1, 0.15) is 11.1 Å². The molecule has 0 aliphatic heterocycles. The molecule has 0 N–H and O–H groups in total. The molecule has 6 heteroatoms. The van der Waals surface area contributed by atoms with Crippen molar-refractivity contribution in [3.05, 3.63) is 64.7 Å². The number of ether oxygens (including phenoxy) is 1. The first-order valence-corrected chi connectivity index (χ1v) is 6.73. The highest BCUT2D eigenvalue weighted by Crippen LogP contribution is 2.25. The Bertz CT molecular complexity index is 587. The van der Waals surface area contributed by atoms with Crippen molar-refractivity contribution in [1.82, 2.24) is 0 Å². The number of halogens is 5. The maximum absolute atomic E-state index is 13.6. The molecule has 0 aromatic heterocycles. The third-order valence-electron chi connectivity index (χ3n) is 2.52. The van der Waals surface area contributed by atoms with Gasteiger partial charge in [-0.3, -0.25) is 0 Å². The summed E-state index contributed by atoms with van der Waals surface area (Å²) in [4.78, 5) is 0. The summed E-state index contributed by atoms with van der Waals surface area (Å²) >= 11 is 3.08. The molecular formula is C14H9BrF4O. The van der Waals surface area contributed by atoms with E-state index in [4.69, 9.17) is 4.74 Å². The van der Waals surface area contributed by atoms with Gasteiger partial charge in [-0.25, -0.2) is 17.6 Å². The average molecular weight is 349 g/mol. The van der Waals surface area contributed by atoms with E-state index in [0.717, 1.165) is 24.3 Å². The van der Waals surface area contributed by atoms with Crippen LogP contribution in [0.3, 0.4) is 0 Å². The van der Waals surface area contributed by atoms with Crippen LogP contribution in [0.2, 0.25) is 0 Å². The zero-order valence-corrected chi connectivity index (χ0v) is 11.7. The number of benzene rings is 2. The molecule has 0 unspecified atom stereocenters. The van der Waals surface area contributed by atoms with Crippen molar-refractivity contribution in [3.8, 4) is 5.75 Å². The summed E-state index contributed by atoms with van der Waals surface area (Å²) in [5.41, 5.74) is 0.565. The molecule has 0 saturated carbocycles. The highest BCUT2D eigenvalue weighted by atomic mass is 79.9. The van der Waals surface area contributed by atoms with E-state index in [2.05, 4.69) is 15.9 Å². The highest BCUT2D eigenvalue weighted by Gasteiger charge is 2.13. The Morgan fingerprint density at radius 2 is 1.35 bits per heavy atom. The van der Waals surface area contributed by atoms with E-state index < -0.39 is 29.0 Å². The fourth-order valence-corrected chi connectivity index (χ4v) is 2.00. The zero-order valence-electron chi connectivity index (χ0n) is 10.1. The molecule has 2 aromatic carbocycles. The van der Waals surface area contributed by atoms with Crippen molar-refractivity contribution in [3.63, 3.8) is 0 Å². The minimum absolute atomic E-state index is 0.144. The van der Waals surface area contributed by atoms with Gasteiger partial charge in [0.15, 0.2) is 17.4 Å². The lowest BCUT2D eigenvalue weighted by Crippen LogP contribution is -2.02. The Hall–Kier alpha value is -1.56. The molecule has 0 heterocycles. The van der Waals surface area contributed by atoms with E-state index in [1.54, 1.807) is 0 Å². The fraction of sp³-hybridized carbons (Fsp3) is 0.143. The van der Waals surface area contributed by atoms with Crippen LogP contribution in [-0.2, 0) is 11.9 Å². The highest BCUT2D eigenvalue weighted by molar-refractivity contribution is 9.08. The predicted molar refractivity (Wildman–Crippen MR) is 69.7 cm³/mol. The van der Waals surface area contributed by atoms with E-state index in [-0.39, 0.29) is 12.2 Å². The van der Waals surface area contributed by atoms with Gasteiger partial charge in [0.25, 0.3) is 0 Å². The summed E-state index contributed by atoms with van der Waals surface area (Å²) in [6.45, 7) is -0.337. The molecule has 2 aromatic rings. The molecular weight excluding hydrogens is 340 g/mol. The van der Waals surface area contributed by atoms with Crippen LogP contribution in [0, 0.1) is 23.3 Å². The second-order valence-electron chi connectivity index (χ2n) is 4.09. The van der Waals surface area contributed by atoms with Crippen LogP contribution in [0.4, 0.5) is 17.6 Å². The third kappa shape index (κ3) is 3.50. The van der Waals surface area contributed by atoms with E-state index in [1.165, 1.54) is 0 Å². The van der Waals surface area contributed by atoms with Crippen molar-refractivity contribution >= 4 is 15.9 Å². The molecule has 0 saturated heterocycles. The molecule has 1 nitrogen and oxygen atoms in total. The molecule has 0 fully saturated rings. The average Bonchev–Trinajstić information content (AvgIpc) is 2.36. The quantitative estimate of drug-likeness (QED) is 0.574. The Balaban J connectivity index is 2.18. The lowest BCUT2D eigenvalue weighted by Gasteiger charge is -2.10. The molecule has 0 amide bonds. The Morgan fingerprint density at radius 1 is 0.800 bits per heavy atom. The molecule has 0 bridgehead atoms. The van der Waals surface area contributed by atoms with Crippen molar-refractivity contribution < 1.29 is 22.3 Å². The van der Waals surface area contributed by atoms with Crippen LogP contribution < -0.4 is 4.74 Å². The van der Waals surface area contributed by atoms with E-state index in [0.29, 0.717) is 17.0 Å². The first-order valence-electron chi connectivity index (χ1n) is 5.61. The maximum atomic E-state index is 13.6. The van der Waals surface area contributed by atoms with Crippen molar-refractivity contribution in [2.45, 2.75) is 11.9 Å². The fourth-order valence-electron chi connectivity index (χ4n) is 1.68. The summed E-state index contributed by atoms with van der Waals surface area (Å²) in [7, 11) is 0. The van der Waals surface area contributed by atoms with Crippen molar-refractivity contribution in [2.24, 2.45) is 0 Å². The summed E-state index contributed by atoms with van der Waals surface area (Å²) in [5.74, 6) is -3.86. The number of hydrogen-bond donors (Lipinski definition) is 0. The smallest absolute Gasteiger partial charge is 0.191 e. The largest absolute Gasteiger partial charge is 0.483 e. The van der Waals surface area contributed by atoms with Gasteiger partial charge in [-0.05, 0) is 35.4 Å². The summed E-state index contributed by atoms with van der Waals surface area (Å²) < 4.78 is 58.1. The van der Waals surface area contributed by atoms with Crippen LogP contribution >= 0.6 is 15.9 Å². The predicted octanol–water partition coefficient (Wildman–Crippen LogP) is 4.72. The van der Waals surface area contributed by atoms with Gasteiger partial charge in [0, 0.05) is 11.4 Å². The Morgan fingerprint density at radius 3 is 1.85 bits per heavy atom. The van der Waals surface area contributed by atoms with Crippen molar-refractivity contribution in [1.29, 1.82) is 0 Å². The topological polar surface area (TPSA) is 9.23 Å². The minimum Gasteiger partial charge on any atom is -0.483 e. The molecule has 0 aliphatic carbocycles. The van der Waals surface area contributed by atoms with Gasteiger partial charge in [0.2, 0.25) is 0 Å². The van der Waals surface area contributed by atoms with Crippen LogP contribution in [0.5, 0.6) is 5.75 Å². The van der Waals surface area contributed by atoms with Crippen LogP contribution in [0.15, 0.2) is 30.3 Å². The first-order chi connectivity index (χ1) is 9.49. The number of hydrogen-bond acceptors (Lipinski definition) is 1. The molecule has 20 heavy (non-hydrogen) atoms. The molecule has 0 radical (unpaired) electrons. The molecule has 0 aliphatic rings. The zero-order chi connectivity index (χ0) is 14.7. The monoisotopic (exact) mass is 348 g/mol. The minimum atomic E-state index is -0.865. The Labute approximate surface area is 121 Å². The Kier molecular flexibility index (Phi) is 4.65. The van der Waals surface area contributed by atoms with Gasteiger partial charge in [0.1, 0.15) is 18.2 Å². The van der Waals surface area contributed by atoms with Crippen LogP contribution in [0.25, 0.3) is 0 Å². The number of alkyl halides is 1. The first kappa shape index (κ1) is 14.8. The van der Waals surface area contributed by atoms with Gasteiger partial charge in [-0.1, -0.05) is 15.9 Å². The lowest BCUT2D eigenvalue weighted by molar-refractivity contribution is 0.273. The van der Waals surface area contributed by atoms with Gasteiger partial charge in [0.05, 0.1) is 0 Å². The summed E-state index contributed by atoms with van der Waals surface area (Å²) in [6.07, 6.45) is 0. The van der Waals surface area contributed by atoms with E-state index >= 15 is 0 Å². The van der Waals surface area contributed by atoms with Crippen LogP contribution in [-0.4, -0.2) is 0 Å². The second-order valence-corrected chi connectivity index (χ2v) is 4.65. The summed E-state index contributed by atoms with van der Waals surface area (Å²) in [6, 6.07) is 5.02. The number of rotatable bonds is 4. The maximum Gasteiger partial charge on any atom is 0.191 e. The summed E-state index contributed by atoms with van der Waals surface area (Å²) in [5, 5.41) is 0.302. The van der Waals surface area contributed by atoms with Gasteiger partial charge in [-0.2, -0.15) is 0 Å². The molecule has 0 spiro atoms. The lowest BCUT2D eigenvalue weighted by atomic mass is 10.2. The molecule has 2 rings (SSSR count). The normalized spacial score (nSPS) is 10.7. The van der Waals surface area contributed by atoms with E-state index in [1.807, 2.05) is 0 Å². The second kappa shape index (κ2) is 6.26. The van der Waals surface area contributed by atoms with Gasteiger partial charge in [-0.15, -0.1) is 0 Å². The van der Waals surface area contributed by atoms with Gasteiger partial charge >= 0.3 is 0 Å².